The molecule has 1 aliphatic carbocycles. The van der Waals surface area contributed by atoms with Gasteiger partial charge in [0.1, 0.15) is 0 Å². The van der Waals surface area contributed by atoms with Crippen LogP contribution in [0.2, 0.25) is 0 Å². The molecule has 18 heavy (non-hydrogen) atoms. The van der Waals surface area contributed by atoms with Crippen LogP contribution in [0.5, 0.6) is 0 Å². The van der Waals surface area contributed by atoms with E-state index >= 15 is 0 Å². The molecule has 3 N–H and O–H groups in total. The van der Waals surface area contributed by atoms with Crippen LogP contribution in [0.15, 0.2) is 0 Å². The highest BCUT2D eigenvalue weighted by molar-refractivity contribution is 7.98. The topological polar surface area (TPSA) is 55.1 Å². The third-order valence-electron chi connectivity index (χ3n) is 3.66. The van der Waals surface area contributed by atoms with Gasteiger partial charge in [0, 0.05) is 11.8 Å². The van der Waals surface area contributed by atoms with Crippen molar-refractivity contribution in [2.24, 2.45) is 11.1 Å². The minimum Gasteiger partial charge on any atom is -0.392 e. The highest BCUT2D eigenvalue weighted by atomic mass is 32.2. The fraction of sp³-hybridized carbons (Fsp3) is 0.846. The molecule has 1 rings (SSSR count). The van der Waals surface area contributed by atoms with E-state index in [2.05, 4.69) is 5.32 Å². The van der Waals surface area contributed by atoms with Gasteiger partial charge < -0.3 is 11.1 Å². The highest BCUT2D eigenvalue weighted by Gasteiger charge is 2.41. The quantitative estimate of drug-likeness (QED) is 0.603. The van der Waals surface area contributed by atoms with E-state index in [-0.39, 0.29) is 11.9 Å². The fourth-order valence-corrected chi connectivity index (χ4v) is 3.45. The number of rotatable bonds is 5. The lowest BCUT2D eigenvalue weighted by Gasteiger charge is -2.31. The zero-order valence-electron chi connectivity index (χ0n) is 11.3. The summed E-state index contributed by atoms with van der Waals surface area (Å²) in [6, 6.07) is 0.168. The van der Waals surface area contributed by atoms with Crippen molar-refractivity contribution in [1.29, 1.82) is 0 Å². The van der Waals surface area contributed by atoms with Gasteiger partial charge in [-0.1, -0.05) is 37.9 Å². The van der Waals surface area contributed by atoms with Crippen molar-refractivity contribution in [3.8, 4) is 0 Å². The van der Waals surface area contributed by atoms with E-state index in [9.17, 15) is 4.79 Å². The minimum atomic E-state index is -0.599. The largest absolute Gasteiger partial charge is 0.392 e. The van der Waals surface area contributed by atoms with Crippen molar-refractivity contribution in [1.82, 2.24) is 5.32 Å². The lowest BCUT2D eigenvalue weighted by Crippen LogP contribution is -2.51. The fourth-order valence-electron chi connectivity index (χ4n) is 2.57. The standard InChI is InChI=1S/C13H24N2OS2/c1-10(9-18-2)15-12(16)13(11(14)17)7-5-3-4-6-8-13/h10H,3-9H2,1-2H3,(H2,14,17)(H,15,16). The van der Waals surface area contributed by atoms with Gasteiger partial charge in [0.25, 0.3) is 0 Å². The molecule has 1 aliphatic rings. The Labute approximate surface area is 120 Å². The van der Waals surface area contributed by atoms with Crippen molar-refractivity contribution in [3.63, 3.8) is 0 Å². The smallest absolute Gasteiger partial charge is 0.233 e. The molecular weight excluding hydrogens is 264 g/mol. The third kappa shape index (κ3) is 3.85. The monoisotopic (exact) mass is 288 g/mol. The summed E-state index contributed by atoms with van der Waals surface area (Å²) >= 11 is 6.92. The van der Waals surface area contributed by atoms with Crippen LogP contribution in [0.1, 0.15) is 45.4 Å². The molecule has 0 bridgehead atoms. The Bertz CT molecular complexity index is 299. The first kappa shape index (κ1) is 15.8. The lowest BCUT2D eigenvalue weighted by molar-refractivity contribution is -0.128. The number of nitrogens with one attached hydrogen (secondary N) is 1. The first-order chi connectivity index (χ1) is 8.53. The summed E-state index contributed by atoms with van der Waals surface area (Å²) in [6.45, 7) is 2.03. The summed E-state index contributed by atoms with van der Waals surface area (Å²) in [6.07, 6.45) is 8.09. The molecule has 0 radical (unpaired) electrons. The molecule has 0 aromatic rings. The van der Waals surface area contributed by atoms with Crippen LogP contribution in [-0.4, -0.2) is 28.9 Å². The molecule has 1 atom stereocenters. The molecule has 1 unspecified atom stereocenters. The first-order valence-electron chi connectivity index (χ1n) is 6.63. The Hall–Kier alpha value is -0.290. The van der Waals surface area contributed by atoms with Crippen LogP contribution in [0, 0.1) is 5.41 Å². The predicted octanol–water partition coefficient (Wildman–Crippen LogP) is 2.48. The molecule has 104 valence electrons. The molecule has 1 amide bonds. The number of amides is 1. The Morgan fingerprint density at radius 3 is 2.39 bits per heavy atom. The third-order valence-corrected chi connectivity index (χ3v) is 4.88. The summed E-state index contributed by atoms with van der Waals surface area (Å²) in [5.74, 6) is 0.956. The van der Waals surface area contributed by atoms with Crippen molar-refractivity contribution < 1.29 is 4.79 Å². The van der Waals surface area contributed by atoms with E-state index in [1.807, 2.05) is 13.2 Å². The van der Waals surface area contributed by atoms with Gasteiger partial charge >= 0.3 is 0 Å². The molecule has 0 heterocycles. The number of thiocarbonyl (C=S) groups is 1. The van der Waals surface area contributed by atoms with E-state index in [0.29, 0.717) is 4.99 Å². The summed E-state index contributed by atoms with van der Waals surface area (Å²) in [5, 5.41) is 3.07. The van der Waals surface area contributed by atoms with Crippen molar-refractivity contribution >= 4 is 34.9 Å². The maximum absolute atomic E-state index is 12.5. The zero-order valence-corrected chi connectivity index (χ0v) is 13.0. The van der Waals surface area contributed by atoms with E-state index in [4.69, 9.17) is 18.0 Å². The van der Waals surface area contributed by atoms with Crippen LogP contribution < -0.4 is 11.1 Å². The first-order valence-corrected chi connectivity index (χ1v) is 8.43. The normalized spacial score (nSPS) is 20.8. The second-order valence-corrected chi connectivity index (χ2v) is 6.54. The molecular formula is C13H24N2OS2. The molecule has 0 aromatic heterocycles. The molecule has 0 saturated heterocycles. The van der Waals surface area contributed by atoms with Gasteiger partial charge in [0.15, 0.2) is 0 Å². The molecule has 0 aromatic carbocycles. The predicted molar refractivity (Wildman–Crippen MR) is 82.9 cm³/mol. The van der Waals surface area contributed by atoms with Crippen LogP contribution in [-0.2, 0) is 4.79 Å². The SMILES string of the molecule is CSCC(C)NC(=O)C1(C(N)=S)CCCCCC1. The molecule has 0 spiro atoms. The van der Waals surface area contributed by atoms with Crippen molar-refractivity contribution in [3.05, 3.63) is 0 Å². The second-order valence-electron chi connectivity index (χ2n) is 5.19. The highest BCUT2D eigenvalue weighted by Crippen LogP contribution is 2.35. The van der Waals surface area contributed by atoms with E-state index in [1.165, 1.54) is 12.8 Å². The van der Waals surface area contributed by atoms with Crippen LogP contribution in [0.4, 0.5) is 0 Å². The number of thioether (sulfide) groups is 1. The van der Waals surface area contributed by atoms with E-state index < -0.39 is 5.41 Å². The van der Waals surface area contributed by atoms with E-state index in [1.54, 1.807) is 11.8 Å². The van der Waals surface area contributed by atoms with Crippen LogP contribution in [0.3, 0.4) is 0 Å². The van der Waals surface area contributed by atoms with Gasteiger partial charge in [-0.25, -0.2) is 0 Å². The average molecular weight is 288 g/mol. The Morgan fingerprint density at radius 1 is 1.39 bits per heavy atom. The van der Waals surface area contributed by atoms with Gasteiger partial charge in [-0.3, -0.25) is 4.79 Å². The number of nitrogens with two attached hydrogens (primary N) is 1. The molecule has 1 fully saturated rings. The van der Waals surface area contributed by atoms with Crippen molar-refractivity contribution in [2.75, 3.05) is 12.0 Å². The number of hydrogen-bond donors (Lipinski definition) is 2. The number of carbonyl (C=O) groups excluding carboxylic acids is 1. The average Bonchev–Trinajstić information content (AvgIpc) is 2.55. The van der Waals surface area contributed by atoms with Gasteiger partial charge in [0.05, 0.1) is 10.4 Å². The summed E-state index contributed by atoms with van der Waals surface area (Å²) in [7, 11) is 0. The maximum atomic E-state index is 12.5. The molecule has 0 aliphatic heterocycles. The van der Waals surface area contributed by atoms with Crippen LogP contribution in [0.25, 0.3) is 0 Å². The number of carbonyl (C=O) groups is 1. The van der Waals surface area contributed by atoms with Crippen LogP contribution >= 0.6 is 24.0 Å². The van der Waals surface area contributed by atoms with Crippen molar-refractivity contribution in [2.45, 2.75) is 51.5 Å². The summed E-state index contributed by atoms with van der Waals surface area (Å²) in [4.78, 5) is 12.9. The summed E-state index contributed by atoms with van der Waals surface area (Å²) in [5.41, 5.74) is 5.29. The summed E-state index contributed by atoms with van der Waals surface area (Å²) < 4.78 is 0. The van der Waals surface area contributed by atoms with Gasteiger partial charge in [-0.15, -0.1) is 0 Å². The Kier molecular flexibility index (Phi) is 6.43. The van der Waals surface area contributed by atoms with Gasteiger partial charge in [0.2, 0.25) is 5.91 Å². The maximum Gasteiger partial charge on any atom is 0.233 e. The van der Waals surface area contributed by atoms with Gasteiger partial charge in [-0.2, -0.15) is 11.8 Å². The van der Waals surface area contributed by atoms with E-state index in [0.717, 1.165) is 31.4 Å². The number of hydrogen-bond acceptors (Lipinski definition) is 3. The molecule has 3 nitrogen and oxygen atoms in total. The lowest BCUT2D eigenvalue weighted by atomic mass is 9.79. The minimum absolute atomic E-state index is 0.0402. The Balaban J connectivity index is 2.76. The second kappa shape index (κ2) is 7.34. The molecule has 1 saturated carbocycles. The zero-order chi connectivity index (χ0) is 13.6. The Morgan fingerprint density at radius 2 is 1.94 bits per heavy atom. The molecule has 5 heteroatoms. The van der Waals surface area contributed by atoms with Gasteiger partial charge in [-0.05, 0) is 26.0 Å².